The summed E-state index contributed by atoms with van der Waals surface area (Å²) in [6.07, 6.45) is -1.09. The Kier molecular flexibility index (Phi) is 8.23. The maximum Gasteiger partial charge on any atom is 0.244 e. The first-order valence-electron chi connectivity index (χ1n) is 8.41. The number of hydrogen-bond acceptors (Lipinski definition) is 5. The number of nitrogens with one attached hydrogen (secondary N) is 2. The van der Waals surface area contributed by atoms with Crippen LogP contribution in [0.3, 0.4) is 0 Å². The van der Waals surface area contributed by atoms with E-state index in [1.54, 1.807) is 18.2 Å². The summed E-state index contributed by atoms with van der Waals surface area (Å²) >= 11 is 11.8. The zero-order valence-corrected chi connectivity index (χ0v) is 17.6. The molecule has 2 rings (SSSR count). The molecule has 0 radical (unpaired) electrons. The molecule has 0 saturated heterocycles. The van der Waals surface area contributed by atoms with Gasteiger partial charge in [-0.25, -0.2) is 12.8 Å². The van der Waals surface area contributed by atoms with E-state index >= 15 is 0 Å². The van der Waals surface area contributed by atoms with E-state index in [1.807, 2.05) is 0 Å². The van der Waals surface area contributed by atoms with Crippen molar-refractivity contribution >= 4 is 39.1 Å². The third-order valence-corrected chi connectivity index (χ3v) is 6.09. The second-order valence-electron chi connectivity index (χ2n) is 6.04. The molecule has 2 atom stereocenters. The van der Waals surface area contributed by atoms with E-state index in [-0.39, 0.29) is 23.9 Å². The molecule has 1 amide bonds. The standard InChI is InChI=1S/C18H19Cl2FN2O5S/c1-11(23-29(26,27)16-8-3-2-6-14(16)21)18(25)22-9-12(24)10-28-15-7-4-5-13(19)17(15)20/h2-8,11-12,23-24H,9-10H2,1H3,(H,22,25)/t11-,12?/m0/s1. The number of carbonyl (C=O) groups is 1. The highest BCUT2D eigenvalue weighted by molar-refractivity contribution is 7.89. The van der Waals surface area contributed by atoms with Gasteiger partial charge in [-0.15, -0.1) is 0 Å². The van der Waals surface area contributed by atoms with Crippen molar-refractivity contribution in [2.24, 2.45) is 0 Å². The van der Waals surface area contributed by atoms with Crippen LogP contribution in [0.1, 0.15) is 6.92 Å². The van der Waals surface area contributed by atoms with E-state index in [1.165, 1.54) is 19.1 Å². The summed E-state index contributed by atoms with van der Waals surface area (Å²) in [5.74, 6) is -1.36. The number of hydrogen-bond donors (Lipinski definition) is 3. The lowest BCUT2D eigenvalue weighted by atomic mass is 10.3. The minimum absolute atomic E-state index is 0.185. The Bertz CT molecular complexity index is 974. The highest BCUT2D eigenvalue weighted by Gasteiger charge is 2.24. The SMILES string of the molecule is C[C@H](NS(=O)(=O)c1ccccc1F)C(=O)NCC(O)COc1cccc(Cl)c1Cl. The number of rotatable bonds is 9. The molecule has 0 bridgehead atoms. The molecular formula is C18H19Cl2FN2O5S. The number of halogens is 3. The minimum atomic E-state index is -4.23. The molecule has 158 valence electrons. The summed E-state index contributed by atoms with van der Waals surface area (Å²) < 4.78 is 45.5. The molecule has 2 aromatic rings. The Morgan fingerprint density at radius 1 is 1.21 bits per heavy atom. The molecule has 2 aromatic carbocycles. The number of aliphatic hydroxyl groups is 1. The molecule has 11 heteroatoms. The third-order valence-electron chi connectivity index (χ3n) is 3.71. The van der Waals surface area contributed by atoms with E-state index in [0.29, 0.717) is 5.02 Å². The van der Waals surface area contributed by atoms with Crippen LogP contribution in [0.15, 0.2) is 47.4 Å². The lowest BCUT2D eigenvalue weighted by Gasteiger charge is -2.17. The summed E-state index contributed by atoms with van der Waals surface area (Å²) in [5.41, 5.74) is 0. The van der Waals surface area contributed by atoms with Crippen LogP contribution in [0.25, 0.3) is 0 Å². The Morgan fingerprint density at radius 2 is 1.90 bits per heavy atom. The van der Waals surface area contributed by atoms with E-state index in [9.17, 15) is 22.7 Å². The van der Waals surface area contributed by atoms with E-state index in [2.05, 4.69) is 10.0 Å². The van der Waals surface area contributed by atoms with Gasteiger partial charge in [-0.05, 0) is 31.2 Å². The van der Waals surface area contributed by atoms with Gasteiger partial charge in [-0.1, -0.05) is 41.4 Å². The molecule has 0 spiro atoms. The van der Waals surface area contributed by atoms with Gasteiger partial charge in [0.1, 0.15) is 34.2 Å². The van der Waals surface area contributed by atoms with Gasteiger partial charge in [0.25, 0.3) is 0 Å². The molecule has 0 aromatic heterocycles. The molecule has 0 saturated carbocycles. The third kappa shape index (κ3) is 6.55. The number of amides is 1. The maximum atomic E-state index is 13.7. The van der Waals surface area contributed by atoms with Gasteiger partial charge in [0, 0.05) is 6.54 Å². The summed E-state index contributed by atoms with van der Waals surface area (Å²) in [4.78, 5) is 11.5. The van der Waals surface area contributed by atoms with E-state index in [4.69, 9.17) is 27.9 Å². The van der Waals surface area contributed by atoms with Crippen molar-refractivity contribution in [3.05, 3.63) is 58.3 Å². The van der Waals surface area contributed by atoms with E-state index in [0.717, 1.165) is 12.1 Å². The summed E-state index contributed by atoms with van der Waals surface area (Å²) in [7, 11) is -4.23. The van der Waals surface area contributed by atoms with Crippen molar-refractivity contribution in [2.75, 3.05) is 13.2 Å². The monoisotopic (exact) mass is 464 g/mol. The normalized spacial score (nSPS) is 13.6. The first-order chi connectivity index (χ1) is 13.6. The highest BCUT2D eigenvalue weighted by atomic mass is 35.5. The average molecular weight is 465 g/mol. The Morgan fingerprint density at radius 3 is 2.59 bits per heavy atom. The topological polar surface area (TPSA) is 105 Å². The average Bonchev–Trinajstić information content (AvgIpc) is 2.67. The summed E-state index contributed by atoms with van der Waals surface area (Å²) in [6, 6.07) is 8.38. The quantitative estimate of drug-likeness (QED) is 0.528. The fraction of sp³-hybridized carbons (Fsp3) is 0.278. The molecule has 0 aliphatic carbocycles. The number of ether oxygens (including phenoxy) is 1. The molecule has 0 fully saturated rings. The van der Waals surface area contributed by atoms with Gasteiger partial charge >= 0.3 is 0 Å². The Balaban J connectivity index is 1.85. The van der Waals surface area contributed by atoms with Gasteiger partial charge in [0.2, 0.25) is 15.9 Å². The molecule has 1 unspecified atom stereocenters. The van der Waals surface area contributed by atoms with Gasteiger partial charge in [-0.2, -0.15) is 4.72 Å². The van der Waals surface area contributed by atoms with Gasteiger partial charge < -0.3 is 15.2 Å². The molecule has 7 nitrogen and oxygen atoms in total. The fourth-order valence-corrected chi connectivity index (χ4v) is 3.85. The Labute approximate surface area is 177 Å². The molecule has 3 N–H and O–H groups in total. The van der Waals surface area contributed by atoms with Crippen LogP contribution >= 0.6 is 23.2 Å². The van der Waals surface area contributed by atoms with Crippen molar-refractivity contribution in [1.82, 2.24) is 10.0 Å². The summed E-state index contributed by atoms with van der Waals surface area (Å²) in [5, 5.41) is 12.8. The lowest BCUT2D eigenvalue weighted by molar-refractivity contribution is -0.122. The predicted molar refractivity (Wildman–Crippen MR) is 107 cm³/mol. The van der Waals surface area contributed by atoms with Crippen LogP contribution in [-0.2, 0) is 14.8 Å². The van der Waals surface area contributed by atoms with Crippen molar-refractivity contribution in [1.29, 1.82) is 0 Å². The zero-order chi connectivity index (χ0) is 21.6. The summed E-state index contributed by atoms with van der Waals surface area (Å²) in [6.45, 7) is 0.904. The fourth-order valence-electron chi connectivity index (χ4n) is 2.22. The van der Waals surface area contributed by atoms with Crippen LogP contribution in [0.4, 0.5) is 4.39 Å². The number of benzene rings is 2. The largest absolute Gasteiger partial charge is 0.489 e. The Hall–Kier alpha value is -1.91. The number of aliphatic hydroxyl groups excluding tert-OH is 1. The lowest BCUT2D eigenvalue weighted by Crippen LogP contribution is -2.47. The highest BCUT2D eigenvalue weighted by Crippen LogP contribution is 2.31. The van der Waals surface area contributed by atoms with Crippen molar-refractivity contribution in [3.63, 3.8) is 0 Å². The smallest absolute Gasteiger partial charge is 0.244 e. The molecule has 0 aliphatic rings. The van der Waals surface area contributed by atoms with Gasteiger partial charge in [0.15, 0.2) is 0 Å². The molecule has 0 aliphatic heterocycles. The van der Waals surface area contributed by atoms with Crippen LogP contribution in [0.2, 0.25) is 10.0 Å². The van der Waals surface area contributed by atoms with Crippen LogP contribution in [-0.4, -0.2) is 44.7 Å². The van der Waals surface area contributed by atoms with E-state index < -0.39 is 38.8 Å². The van der Waals surface area contributed by atoms with Crippen molar-refractivity contribution in [2.45, 2.75) is 24.0 Å². The van der Waals surface area contributed by atoms with Crippen molar-refractivity contribution in [3.8, 4) is 5.75 Å². The van der Waals surface area contributed by atoms with Crippen LogP contribution in [0, 0.1) is 5.82 Å². The number of carbonyl (C=O) groups excluding carboxylic acids is 1. The minimum Gasteiger partial charge on any atom is -0.489 e. The molecular weight excluding hydrogens is 446 g/mol. The van der Waals surface area contributed by atoms with Gasteiger partial charge in [-0.3, -0.25) is 4.79 Å². The van der Waals surface area contributed by atoms with Gasteiger partial charge in [0.05, 0.1) is 11.1 Å². The molecule has 29 heavy (non-hydrogen) atoms. The molecule has 0 heterocycles. The zero-order valence-electron chi connectivity index (χ0n) is 15.2. The van der Waals surface area contributed by atoms with Crippen molar-refractivity contribution < 1.29 is 27.4 Å². The second kappa shape index (κ2) is 10.2. The van der Waals surface area contributed by atoms with Crippen LogP contribution in [0.5, 0.6) is 5.75 Å². The maximum absolute atomic E-state index is 13.7. The first kappa shape index (κ1) is 23.4. The second-order valence-corrected chi connectivity index (χ2v) is 8.50. The predicted octanol–water partition coefficient (Wildman–Crippen LogP) is 2.36. The first-order valence-corrected chi connectivity index (χ1v) is 10.6. The van der Waals surface area contributed by atoms with Crippen LogP contribution < -0.4 is 14.8 Å². The number of sulfonamides is 1.